The minimum absolute atomic E-state index is 0. The maximum absolute atomic E-state index is 8.06. The number of halogens is 2. The fourth-order valence-corrected chi connectivity index (χ4v) is 10.8. The topological polar surface area (TPSA) is 122 Å². The van der Waals surface area contributed by atoms with Gasteiger partial charge in [0.1, 0.15) is 40.9 Å². The van der Waals surface area contributed by atoms with E-state index in [-0.39, 0.29) is 114 Å². The number of para-hydroxylation sites is 8. The predicted octanol–water partition coefficient (Wildman–Crippen LogP) is 11.9. The summed E-state index contributed by atoms with van der Waals surface area (Å²) in [6, 6.07) is 104. The van der Waals surface area contributed by atoms with Gasteiger partial charge in [0.15, 0.2) is 0 Å². The number of amidine groups is 2. The summed E-state index contributed by atoms with van der Waals surface area (Å²) in [6.07, 6.45) is 23.4. The van der Waals surface area contributed by atoms with Crippen molar-refractivity contribution in [1.82, 2.24) is 24.5 Å². The summed E-state index contributed by atoms with van der Waals surface area (Å²) in [6.45, 7) is 6.00. The van der Waals surface area contributed by atoms with E-state index in [0.717, 1.165) is 97.6 Å². The number of hydrogen-bond acceptors (Lipinski definition) is 13. The summed E-state index contributed by atoms with van der Waals surface area (Å²) in [7, 11) is 0. The zero-order valence-corrected chi connectivity index (χ0v) is 75.0. The van der Waals surface area contributed by atoms with E-state index in [1.54, 1.807) is 45.8 Å². The second kappa shape index (κ2) is 51.7. The van der Waals surface area contributed by atoms with Crippen molar-refractivity contribution in [2.24, 2.45) is 10.2 Å². The fraction of sp³-hybridized carbons (Fsp3) is 0.0595. The van der Waals surface area contributed by atoms with Gasteiger partial charge in [-0.25, -0.2) is 19.5 Å². The molecule has 0 bridgehead atoms. The molecule has 6 heterocycles. The zero-order chi connectivity index (χ0) is 68.8. The number of anilines is 8. The number of nitrogens with zero attached hydrogens (tertiary/aromatic N) is 14. The Morgan fingerprint density at radius 1 is 0.421 bits per heavy atom. The summed E-state index contributed by atoms with van der Waals surface area (Å²) in [5.74, 6) is 3.44. The molecule has 1 aliphatic carbocycles. The van der Waals surface area contributed by atoms with Crippen LogP contribution in [-0.2, 0) is 86.9 Å². The molecule has 0 amide bonds. The molecule has 0 spiro atoms. The van der Waals surface area contributed by atoms with E-state index >= 15 is 0 Å². The van der Waals surface area contributed by atoms with Gasteiger partial charge in [-0.3, -0.25) is 6.08 Å². The smallest absolute Gasteiger partial charge is 0.327 e. The van der Waals surface area contributed by atoms with Crippen molar-refractivity contribution in [3.63, 3.8) is 0 Å². The molecular weight excluding hydrogens is 2060 g/mol. The Morgan fingerprint density at radius 2 is 0.813 bits per heavy atom. The van der Waals surface area contributed by atoms with E-state index in [1.807, 2.05) is 252 Å². The van der Waals surface area contributed by atoms with Crippen LogP contribution in [-0.4, -0.2) is 99.3 Å². The van der Waals surface area contributed by atoms with Crippen molar-refractivity contribution in [3.05, 3.63) is 397 Å². The molecule has 17 rings (SSSR count). The van der Waals surface area contributed by atoms with Crippen molar-refractivity contribution < 1.29 is 128 Å². The van der Waals surface area contributed by atoms with Gasteiger partial charge < -0.3 is 79.5 Å². The van der Waals surface area contributed by atoms with Gasteiger partial charge >= 0.3 is 93.1 Å². The van der Waals surface area contributed by atoms with Crippen LogP contribution in [0.3, 0.4) is 0 Å². The van der Waals surface area contributed by atoms with E-state index in [1.165, 1.54) is 82.4 Å². The first-order chi connectivity index (χ1) is 49.7. The summed E-state index contributed by atoms with van der Waals surface area (Å²) in [5, 5.41) is 13.4. The van der Waals surface area contributed by atoms with Crippen LogP contribution >= 0.6 is 0 Å². The number of hydrazone groups is 2. The van der Waals surface area contributed by atoms with E-state index in [4.69, 9.17) is 13.5 Å². The summed E-state index contributed by atoms with van der Waals surface area (Å²) in [4.78, 5) is 26.1. The molecule has 107 heavy (non-hydrogen) atoms. The largest absolute Gasteiger partial charge is 0.477 e. The Kier molecular flexibility index (Phi) is 45.3. The quantitative estimate of drug-likeness (QED) is 0.0428. The average Bonchev–Trinajstić information content (AvgIpc) is 1.62. The van der Waals surface area contributed by atoms with Crippen LogP contribution in [0.4, 0.5) is 45.8 Å². The van der Waals surface area contributed by atoms with E-state index in [9.17, 15) is 0 Å². The molecule has 0 saturated carbocycles. The number of imidazole rings is 1. The molecule has 0 atom stereocenters. The fourth-order valence-electron chi connectivity index (χ4n) is 10.8. The van der Waals surface area contributed by atoms with Crippen LogP contribution in [0.2, 0.25) is 0 Å². The number of allylic oxidation sites excluding steroid dienone is 4. The van der Waals surface area contributed by atoms with Gasteiger partial charge in [-0.2, -0.15) is 75.8 Å². The molecule has 3 aliphatic heterocycles. The summed E-state index contributed by atoms with van der Waals surface area (Å²) in [5.41, 5.74) is 12.1. The van der Waals surface area contributed by atoms with Crippen LogP contribution < -0.4 is 70.6 Å². The molecule has 23 heteroatoms. The second-order valence-corrected chi connectivity index (χ2v) is 21.9. The van der Waals surface area contributed by atoms with Gasteiger partial charge in [0.05, 0.1) is 6.20 Å². The Hall–Kier alpha value is -5.68. The van der Waals surface area contributed by atoms with Crippen LogP contribution in [0.1, 0.15) is 44.2 Å². The normalized spacial score (nSPS) is 12.7. The van der Waals surface area contributed by atoms with Crippen LogP contribution in [0.25, 0.3) is 22.7 Å². The zero-order valence-electron chi connectivity index (χ0n) is 58.1. The van der Waals surface area contributed by atoms with Gasteiger partial charge in [0.25, 0.3) is 5.65 Å². The molecule has 0 saturated heterocycles. The minimum Gasteiger partial charge on any atom is -0.477 e. The minimum atomic E-state index is 0. The van der Waals surface area contributed by atoms with Gasteiger partial charge in [-0.05, 0) is 79.2 Å². The van der Waals surface area contributed by atoms with E-state index in [0.29, 0.717) is 0 Å². The molecule has 0 N–H and O–H groups in total. The van der Waals surface area contributed by atoms with Gasteiger partial charge in [-0.15, -0.1) is 36.7 Å². The third kappa shape index (κ3) is 26.2. The Morgan fingerprint density at radius 3 is 1.31 bits per heavy atom. The Balaban J connectivity index is 0.000000281. The molecule has 4 aliphatic rings. The van der Waals surface area contributed by atoms with Crippen molar-refractivity contribution in [3.8, 4) is 11.4 Å². The molecule has 10 aromatic carbocycles. The molecular formula is C84H74Ag2ClIIr2K2N14O-8. The monoisotopic (exact) mass is 2130 g/mol. The van der Waals surface area contributed by atoms with Crippen LogP contribution in [0.15, 0.2) is 351 Å². The third-order valence-corrected chi connectivity index (χ3v) is 15.4. The maximum Gasteiger partial charge on any atom is 0.327 e. The van der Waals surface area contributed by atoms with E-state index < -0.39 is 0 Å². The van der Waals surface area contributed by atoms with Crippen molar-refractivity contribution in [2.45, 2.75) is 33.1 Å². The molecule has 550 valence electrons. The molecule has 13 aromatic rings. The number of fused-ring (bicyclic) bond motifs is 2. The van der Waals surface area contributed by atoms with Gasteiger partial charge in [0, 0.05) is 109 Å². The summed E-state index contributed by atoms with van der Waals surface area (Å²) >= 11 is 4.20. The number of benzene rings is 10. The van der Waals surface area contributed by atoms with E-state index in [2.05, 4.69) is 160 Å². The third-order valence-electron chi connectivity index (χ3n) is 15.4. The van der Waals surface area contributed by atoms with Gasteiger partial charge in [-0.1, -0.05) is 208 Å². The molecule has 3 radical (unpaired) electrons. The molecule has 3 aromatic heterocycles. The first kappa shape index (κ1) is 93.7. The summed E-state index contributed by atoms with van der Waals surface area (Å²) < 4.78 is 12.2. The first-order valence-corrected chi connectivity index (χ1v) is 49.5. The standard InChI is InChI=1S/C20H16N3.C20H15N3.C17H13N4.C17H12N4.C8H11.CH4.CH3.2Ag.ClH.HI.2Ir.2K.O/c2*1-4-10-17(11-5-1)20-21-23(19-14-8-3-9-15-19)16-22(20)18-12-6-2-7-13-18;2*1-3-7-14(8-4-1)20-13-21(15-9-5-2-6-10-15)17-16(20)18-11-12-19-17;1-2-4-6-8-7-5-3-1;;;;;;;;;;;/h1-16H;1-14,16H;1-13H;1-9,11-13H;1-2,7H,3-6H2;1H4;1H3;;;2*1H;;;;;/q-1;-2;+1;-2;-1;;-1;;;;;;;;;/p-2/b;;;;2-1-;;;;;;;;;;;. The van der Waals surface area contributed by atoms with Crippen LogP contribution in [0, 0.1) is 45.6 Å². The number of aromatic nitrogens is 6. The second-order valence-electron chi connectivity index (χ2n) is 21.9. The molecule has 0 unspecified atom stereocenters. The SMILES string of the molecule is C.[Ag].[C-]1=CCC/C=C\CC1.[CH3-].[Cl-].[I-].[Ir].[Ir].[K][K].[O]=[Ag].[c-]1ccccc1N1[CH-]N(c2ccccc2)C(c2ccccc2)=N1.[c-]1ccccc1N1[CH-]N(c2ccccc2)c2nccnc21.c1ccc(-n2c[n+](-c3ccccc3)c3nccnc32)cc1.c1ccc(C2=NN(c3ccccc3)[CH-]N2c2ccccc2)cc1. The maximum atomic E-state index is 8.06. The van der Waals surface area contributed by atoms with Crippen molar-refractivity contribution in [2.75, 3.05) is 29.6 Å². The van der Waals surface area contributed by atoms with Crippen LogP contribution in [0.5, 0.6) is 0 Å². The first-order valence-electron chi connectivity index (χ1n) is 32.9. The Labute approximate surface area is 754 Å². The van der Waals surface area contributed by atoms with Gasteiger partial charge in [0.2, 0.25) is 6.33 Å². The molecule has 0 fully saturated rings. The Bertz CT molecular complexity index is 4410. The molecule has 15 nitrogen and oxygen atoms in total. The number of hydrogen-bond donors (Lipinski definition) is 0. The average molecular weight is 2140 g/mol. The number of rotatable bonds is 10. The van der Waals surface area contributed by atoms with Crippen molar-refractivity contribution in [1.29, 1.82) is 0 Å². The predicted molar refractivity (Wildman–Crippen MR) is 413 cm³/mol. The van der Waals surface area contributed by atoms with Crippen molar-refractivity contribution >= 4 is 132 Å².